The van der Waals surface area contributed by atoms with Crippen molar-refractivity contribution in [3.05, 3.63) is 65.5 Å². The molecule has 0 spiro atoms. The van der Waals surface area contributed by atoms with E-state index in [1.54, 1.807) is 24.3 Å². The van der Waals surface area contributed by atoms with Crippen LogP contribution in [0.2, 0.25) is 0 Å². The second-order valence-corrected chi connectivity index (χ2v) is 12.2. The summed E-state index contributed by atoms with van der Waals surface area (Å²) in [7, 11) is -1.73. The first kappa shape index (κ1) is 24.7. The van der Waals surface area contributed by atoms with E-state index in [0.29, 0.717) is 13.2 Å². The van der Waals surface area contributed by atoms with Gasteiger partial charge in [-0.3, -0.25) is 4.90 Å². The third-order valence-corrected chi connectivity index (χ3v) is 7.14. The highest BCUT2D eigenvalue weighted by Gasteiger charge is 2.51. The zero-order valence-corrected chi connectivity index (χ0v) is 21.6. The molecule has 2 aliphatic heterocycles. The van der Waals surface area contributed by atoms with E-state index in [9.17, 15) is 12.8 Å². The number of hydrogen-bond acceptors (Lipinski definition) is 7. The number of nitrogens with two attached hydrogens (primary N) is 1. The fraction of sp³-hybridized carbons (Fsp3) is 0.400. The van der Waals surface area contributed by atoms with Gasteiger partial charge < -0.3 is 15.0 Å². The maximum atomic E-state index is 13.6. The maximum absolute atomic E-state index is 13.6. The van der Waals surface area contributed by atoms with Crippen molar-refractivity contribution < 1.29 is 17.5 Å². The van der Waals surface area contributed by atoms with Crippen LogP contribution in [0.15, 0.2) is 53.4 Å². The molecule has 1 fully saturated rings. The number of sulfonamides is 1. The highest BCUT2D eigenvalue weighted by Crippen LogP contribution is 2.50. The molecule has 0 bridgehead atoms. The van der Waals surface area contributed by atoms with Gasteiger partial charge in [0.05, 0.1) is 23.7 Å². The zero-order valence-electron chi connectivity index (χ0n) is 20.8. The lowest BCUT2D eigenvalue weighted by atomic mass is 9.96. The number of nitrogens with zero attached hydrogens (tertiary/aromatic N) is 4. The summed E-state index contributed by atoms with van der Waals surface area (Å²) in [4.78, 5) is 4.50. The molecule has 2 atom stereocenters. The molecule has 3 heterocycles. The molecule has 0 aliphatic carbocycles. The number of aromatic nitrogens is 2. The van der Waals surface area contributed by atoms with Crippen LogP contribution in [0, 0.1) is 11.2 Å². The van der Waals surface area contributed by atoms with Gasteiger partial charge in [0, 0.05) is 12.2 Å². The number of fused-ring (bicyclic) bond motifs is 3. The Labute approximate surface area is 210 Å². The summed E-state index contributed by atoms with van der Waals surface area (Å²) >= 11 is 0. The van der Waals surface area contributed by atoms with Gasteiger partial charge in [-0.25, -0.2) is 22.6 Å². The first-order valence-corrected chi connectivity index (χ1v) is 13.3. The molecule has 0 radical (unpaired) electrons. The summed E-state index contributed by atoms with van der Waals surface area (Å²) in [5, 5.41) is 13.7. The van der Waals surface area contributed by atoms with Crippen molar-refractivity contribution in [3.8, 4) is 0 Å². The van der Waals surface area contributed by atoms with Gasteiger partial charge in [0.1, 0.15) is 24.0 Å². The topological polar surface area (TPSA) is 109 Å². The number of hydrogen-bond donors (Lipinski definition) is 2. The van der Waals surface area contributed by atoms with E-state index >= 15 is 0 Å². The summed E-state index contributed by atoms with van der Waals surface area (Å²) in [5.41, 5.74) is 2.57. The summed E-state index contributed by atoms with van der Waals surface area (Å²) < 4.78 is 44.8. The maximum Gasteiger partial charge on any atom is 0.238 e. The Bertz CT molecular complexity index is 1370. The zero-order chi connectivity index (χ0) is 25.8. The third-order valence-electron chi connectivity index (χ3n) is 6.21. The molecule has 3 aromatic rings. The molecule has 2 aliphatic rings. The Morgan fingerprint density at radius 2 is 1.81 bits per heavy atom. The predicted molar refractivity (Wildman–Crippen MR) is 136 cm³/mol. The van der Waals surface area contributed by atoms with Crippen molar-refractivity contribution in [3.63, 3.8) is 0 Å². The fourth-order valence-corrected chi connectivity index (χ4v) is 5.11. The van der Waals surface area contributed by atoms with Crippen LogP contribution in [0.4, 0.5) is 21.7 Å². The molecular weight excluding hydrogens is 483 g/mol. The average Bonchev–Trinajstić information content (AvgIpc) is 3.51. The minimum atomic E-state index is -3.78. The van der Waals surface area contributed by atoms with Crippen molar-refractivity contribution in [2.75, 3.05) is 30.5 Å². The number of primary sulfonamides is 1. The lowest BCUT2D eigenvalue weighted by Crippen LogP contribution is -2.41. The molecule has 0 amide bonds. The largest absolute Gasteiger partial charge is 0.348 e. The van der Waals surface area contributed by atoms with Gasteiger partial charge in [-0.15, -0.1) is 0 Å². The quantitative estimate of drug-likeness (QED) is 0.484. The second-order valence-electron chi connectivity index (χ2n) is 10.7. The Balaban J connectivity index is 1.58. The number of likely N-dealkylation sites (N-methyl/N-ethyl adjacent to an activating group) is 1. The molecule has 1 saturated heterocycles. The lowest BCUT2D eigenvalue weighted by Gasteiger charge is -2.32. The van der Waals surface area contributed by atoms with Gasteiger partial charge in [-0.05, 0) is 54.4 Å². The molecule has 1 aromatic heterocycles. The monoisotopic (exact) mass is 514 g/mol. The van der Waals surface area contributed by atoms with Crippen molar-refractivity contribution >= 4 is 27.3 Å². The molecule has 9 nitrogen and oxygen atoms in total. The van der Waals surface area contributed by atoms with E-state index < -0.39 is 10.0 Å². The summed E-state index contributed by atoms with van der Waals surface area (Å²) in [5.74, 6) is 1.28. The minimum absolute atomic E-state index is 0.0331. The van der Waals surface area contributed by atoms with E-state index in [1.807, 2.05) is 11.7 Å². The van der Waals surface area contributed by atoms with Crippen LogP contribution >= 0.6 is 0 Å². The third kappa shape index (κ3) is 5.10. The molecule has 192 valence electrons. The van der Waals surface area contributed by atoms with Crippen molar-refractivity contribution in [2.45, 2.75) is 44.5 Å². The standard InChI is InChI=1S/C25H31FN6O3S/c1-25(2,3)14-31-15-30(4)24-21(35-24)20-22(28-18-9-7-17(26)8-10-18)32(29-23(20)31)13-16-5-11-19(12-6-16)36(27,33)34/h5-12,21,24,28H,13-15H2,1-4H3,(H2,27,33,34). The SMILES string of the molecule is CN1CN(CC(C)(C)C)c2nn(Cc3ccc(S(N)(=O)=O)cc3)c(Nc3ccc(F)cc3)c2C2OC21. The summed E-state index contributed by atoms with van der Waals surface area (Å²) in [6.45, 7) is 8.42. The van der Waals surface area contributed by atoms with Gasteiger partial charge in [0.15, 0.2) is 5.82 Å². The molecule has 3 N–H and O–H groups in total. The van der Waals surface area contributed by atoms with Crippen LogP contribution < -0.4 is 15.4 Å². The molecule has 11 heteroatoms. The lowest BCUT2D eigenvalue weighted by molar-refractivity contribution is 0.202. The van der Waals surface area contributed by atoms with Crippen LogP contribution in [-0.2, 0) is 21.3 Å². The Kier molecular flexibility index (Phi) is 6.06. The number of anilines is 3. The van der Waals surface area contributed by atoms with Gasteiger partial charge >= 0.3 is 0 Å². The highest BCUT2D eigenvalue weighted by molar-refractivity contribution is 7.89. The molecular formula is C25H31FN6O3S. The minimum Gasteiger partial charge on any atom is -0.348 e. The van der Waals surface area contributed by atoms with Crippen LogP contribution in [0.25, 0.3) is 0 Å². The Morgan fingerprint density at radius 3 is 2.42 bits per heavy atom. The number of nitrogens with one attached hydrogen (secondary N) is 1. The van der Waals surface area contributed by atoms with E-state index in [4.69, 9.17) is 15.0 Å². The van der Waals surface area contributed by atoms with Crippen molar-refractivity contribution in [1.82, 2.24) is 14.7 Å². The summed E-state index contributed by atoms with van der Waals surface area (Å²) in [6, 6.07) is 12.6. The predicted octanol–water partition coefficient (Wildman–Crippen LogP) is 3.61. The first-order chi connectivity index (χ1) is 16.9. The fourth-order valence-electron chi connectivity index (χ4n) is 4.60. The normalized spacial score (nSPS) is 20.0. The second kappa shape index (κ2) is 8.84. The average molecular weight is 515 g/mol. The molecule has 36 heavy (non-hydrogen) atoms. The van der Waals surface area contributed by atoms with Crippen LogP contribution in [0.3, 0.4) is 0 Å². The van der Waals surface area contributed by atoms with Gasteiger partial charge in [-0.1, -0.05) is 32.9 Å². The number of rotatable bonds is 6. The first-order valence-electron chi connectivity index (χ1n) is 11.7. The van der Waals surface area contributed by atoms with E-state index in [0.717, 1.165) is 35.0 Å². The smallest absolute Gasteiger partial charge is 0.238 e. The Hall–Kier alpha value is -2.99. The molecule has 5 rings (SSSR count). The highest BCUT2D eigenvalue weighted by atomic mass is 32.2. The van der Waals surface area contributed by atoms with Crippen molar-refractivity contribution in [1.29, 1.82) is 0 Å². The number of epoxide rings is 1. The van der Waals surface area contributed by atoms with Crippen LogP contribution in [0.1, 0.15) is 38.0 Å². The Morgan fingerprint density at radius 1 is 1.14 bits per heavy atom. The molecule has 0 saturated carbocycles. The van der Waals surface area contributed by atoms with Crippen molar-refractivity contribution in [2.24, 2.45) is 10.6 Å². The summed E-state index contributed by atoms with van der Waals surface area (Å²) in [6.07, 6.45) is -0.189. The van der Waals surface area contributed by atoms with Gasteiger partial charge in [0.2, 0.25) is 10.0 Å². The number of halogens is 1. The van der Waals surface area contributed by atoms with Gasteiger partial charge in [-0.2, -0.15) is 5.10 Å². The van der Waals surface area contributed by atoms with E-state index in [-0.39, 0.29) is 28.5 Å². The van der Waals surface area contributed by atoms with E-state index in [2.05, 4.69) is 35.9 Å². The van der Waals surface area contributed by atoms with Crippen LogP contribution in [-0.4, -0.2) is 49.6 Å². The molecule has 2 unspecified atom stereocenters. The van der Waals surface area contributed by atoms with E-state index in [1.165, 1.54) is 24.3 Å². The number of ether oxygens (including phenoxy) is 1. The number of benzene rings is 2. The molecule has 2 aromatic carbocycles. The van der Waals surface area contributed by atoms with Gasteiger partial charge in [0.25, 0.3) is 0 Å². The van der Waals surface area contributed by atoms with Crippen LogP contribution in [0.5, 0.6) is 0 Å².